The molecule has 2 amide bonds. The Labute approximate surface area is 110 Å². The Hall–Kier alpha value is -1.49. The third-order valence-corrected chi connectivity index (χ3v) is 3.49. The van der Waals surface area contributed by atoms with Crippen LogP contribution in [0.1, 0.15) is 36.0 Å². The van der Waals surface area contributed by atoms with Gasteiger partial charge >= 0.3 is 0 Å². The van der Waals surface area contributed by atoms with E-state index in [1.54, 1.807) is 0 Å². The molecular formula is C12H15ClN2O3. The van der Waals surface area contributed by atoms with Crippen LogP contribution in [0, 0.1) is 0 Å². The number of primary amides is 1. The summed E-state index contributed by atoms with van der Waals surface area (Å²) in [5.74, 6) is -0.811. The van der Waals surface area contributed by atoms with Crippen molar-refractivity contribution in [1.29, 1.82) is 0 Å². The van der Waals surface area contributed by atoms with E-state index in [0.717, 1.165) is 25.7 Å². The van der Waals surface area contributed by atoms with Gasteiger partial charge in [-0.3, -0.25) is 9.59 Å². The van der Waals surface area contributed by atoms with Crippen LogP contribution in [-0.2, 0) is 4.79 Å². The lowest BCUT2D eigenvalue weighted by molar-refractivity contribution is -0.119. The fourth-order valence-corrected chi connectivity index (χ4v) is 2.55. The smallest absolute Gasteiger partial charge is 0.259 e. The van der Waals surface area contributed by atoms with Crippen molar-refractivity contribution in [3.8, 4) is 0 Å². The number of furan rings is 1. The van der Waals surface area contributed by atoms with E-state index < -0.39 is 5.91 Å². The zero-order valence-corrected chi connectivity index (χ0v) is 10.7. The highest BCUT2D eigenvalue weighted by atomic mass is 35.5. The molecule has 0 aliphatic heterocycles. The van der Waals surface area contributed by atoms with Crippen molar-refractivity contribution >= 4 is 23.4 Å². The maximum atomic E-state index is 12.3. The van der Waals surface area contributed by atoms with Gasteiger partial charge in [0, 0.05) is 6.04 Å². The topological polar surface area (TPSA) is 76.5 Å². The number of carbonyl (C=O) groups is 2. The second kappa shape index (κ2) is 5.44. The van der Waals surface area contributed by atoms with Gasteiger partial charge in [-0.25, -0.2) is 0 Å². The van der Waals surface area contributed by atoms with Gasteiger partial charge in [0.1, 0.15) is 0 Å². The van der Waals surface area contributed by atoms with Crippen molar-refractivity contribution < 1.29 is 14.0 Å². The van der Waals surface area contributed by atoms with Gasteiger partial charge in [0.05, 0.1) is 18.4 Å². The first-order valence-corrected chi connectivity index (χ1v) is 6.29. The molecule has 2 N–H and O–H groups in total. The number of nitrogens with zero attached hydrogens (tertiary/aromatic N) is 1. The zero-order valence-electron chi connectivity index (χ0n) is 9.89. The van der Waals surface area contributed by atoms with E-state index in [9.17, 15) is 9.59 Å². The van der Waals surface area contributed by atoms with Crippen LogP contribution in [0.4, 0.5) is 0 Å². The SMILES string of the molecule is NC(=O)CN(C(=O)c1ccoc1Cl)C1CCCC1. The number of carbonyl (C=O) groups excluding carboxylic acids is 2. The highest BCUT2D eigenvalue weighted by molar-refractivity contribution is 6.32. The summed E-state index contributed by atoms with van der Waals surface area (Å²) in [7, 11) is 0. The fourth-order valence-electron chi connectivity index (χ4n) is 2.35. The second-order valence-electron chi connectivity index (χ2n) is 4.45. The van der Waals surface area contributed by atoms with Crippen LogP contribution in [0.25, 0.3) is 0 Å². The highest BCUT2D eigenvalue weighted by Crippen LogP contribution is 2.26. The number of nitrogens with two attached hydrogens (primary N) is 1. The Morgan fingerprint density at radius 3 is 2.61 bits per heavy atom. The summed E-state index contributed by atoms with van der Waals surface area (Å²) in [6.07, 6.45) is 5.27. The number of hydrogen-bond donors (Lipinski definition) is 1. The van der Waals surface area contributed by atoms with E-state index in [-0.39, 0.29) is 29.3 Å². The molecule has 18 heavy (non-hydrogen) atoms. The molecule has 0 spiro atoms. The molecule has 1 saturated carbocycles. The Kier molecular flexibility index (Phi) is 3.91. The molecule has 1 aromatic heterocycles. The van der Waals surface area contributed by atoms with Gasteiger partial charge in [-0.2, -0.15) is 0 Å². The zero-order chi connectivity index (χ0) is 13.1. The van der Waals surface area contributed by atoms with Crippen molar-refractivity contribution in [1.82, 2.24) is 4.90 Å². The summed E-state index contributed by atoms with van der Waals surface area (Å²) in [6, 6.07) is 1.57. The van der Waals surface area contributed by atoms with Gasteiger partial charge in [-0.1, -0.05) is 12.8 Å². The minimum Gasteiger partial charge on any atom is -0.452 e. The Morgan fingerprint density at radius 1 is 1.44 bits per heavy atom. The lowest BCUT2D eigenvalue weighted by atomic mass is 10.1. The quantitative estimate of drug-likeness (QED) is 0.906. The molecule has 0 aromatic carbocycles. The third kappa shape index (κ3) is 2.67. The molecule has 98 valence electrons. The fraction of sp³-hybridized carbons (Fsp3) is 0.500. The standard InChI is InChI=1S/C12H15ClN2O3/c13-11-9(5-6-18-11)12(17)15(7-10(14)16)8-3-1-2-4-8/h5-6,8H,1-4,7H2,(H2,14,16). The lowest BCUT2D eigenvalue weighted by Gasteiger charge is -2.27. The molecule has 0 unspecified atom stereocenters. The van der Waals surface area contributed by atoms with Gasteiger partial charge in [0.25, 0.3) is 5.91 Å². The van der Waals surface area contributed by atoms with Crippen molar-refractivity contribution in [3.63, 3.8) is 0 Å². The van der Waals surface area contributed by atoms with Crippen molar-refractivity contribution in [2.24, 2.45) is 5.73 Å². The largest absolute Gasteiger partial charge is 0.452 e. The average molecular weight is 271 g/mol. The van der Waals surface area contributed by atoms with Gasteiger partial charge in [-0.05, 0) is 30.5 Å². The number of rotatable bonds is 4. The van der Waals surface area contributed by atoms with E-state index in [1.165, 1.54) is 17.2 Å². The molecule has 1 heterocycles. The number of amides is 2. The third-order valence-electron chi connectivity index (χ3n) is 3.20. The molecule has 1 aromatic rings. The molecule has 6 heteroatoms. The van der Waals surface area contributed by atoms with E-state index in [1.807, 2.05) is 0 Å². The van der Waals surface area contributed by atoms with Gasteiger partial charge in [-0.15, -0.1) is 0 Å². The van der Waals surface area contributed by atoms with E-state index in [2.05, 4.69) is 0 Å². The predicted molar refractivity (Wildman–Crippen MR) is 66.2 cm³/mol. The molecule has 1 aliphatic rings. The lowest BCUT2D eigenvalue weighted by Crippen LogP contribution is -2.44. The summed E-state index contributed by atoms with van der Waals surface area (Å²) >= 11 is 5.79. The molecule has 0 atom stereocenters. The van der Waals surface area contributed by atoms with Crippen molar-refractivity contribution in [2.75, 3.05) is 6.54 Å². The van der Waals surface area contributed by atoms with Gasteiger partial charge in [0.15, 0.2) is 0 Å². The summed E-state index contributed by atoms with van der Waals surface area (Å²) < 4.78 is 4.91. The van der Waals surface area contributed by atoms with Crippen LogP contribution in [0.15, 0.2) is 16.7 Å². The van der Waals surface area contributed by atoms with Crippen LogP contribution >= 0.6 is 11.6 Å². The molecule has 0 bridgehead atoms. The van der Waals surface area contributed by atoms with Crippen LogP contribution in [0.2, 0.25) is 5.22 Å². The Bertz CT molecular complexity index is 452. The maximum absolute atomic E-state index is 12.3. The maximum Gasteiger partial charge on any atom is 0.259 e. The van der Waals surface area contributed by atoms with Gasteiger partial charge in [0.2, 0.25) is 11.1 Å². The Morgan fingerprint density at radius 2 is 2.11 bits per heavy atom. The Balaban J connectivity index is 2.20. The van der Waals surface area contributed by atoms with Crippen LogP contribution in [0.5, 0.6) is 0 Å². The normalized spacial score (nSPS) is 15.8. The molecule has 5 nitrogen and oxygen atoms in total. The predicted octanol–water partition coefficient (Wildman–Crippen LogP) is 1.80. The van der Waals surface area contributed by atoms with E-state index >= 15 is 0 Å². The summed E-state index contributed by atoms with van der Waals surface area (Å²) in [6.45, 7) is -0.0784. The van der Waals surface area contributed by atoms with Crippen LogP contribution < -0.4 is 5.73 Å². The summed E-state index contributed by atoms with van der Waals surface area (Å²) in [5.41, 5.74) is 5.48. The second-order valence-corrected chi connectivity index (χ2v) is 4.79. The molecule has 0 saturated heterocycles. The minimum absolute atomic E-state index is 0.0486. The molecular weight excluding hydrogens is 256 g/mol. The molecule has 2 rings (SSSR count). The van der Waals surface area contributed by atoms with E-state index in [4.69, 9.17) is 21.8 Å². The molecule has 1 fully saturated rings. The molecule has 0 radical (unpaired) electrons. The van der Waals surface area contributed by atoms with E-state index in [0.29, 0.717) is 0 Å². The van der Waals surface area contributed by atoms with Crippen molar-refractivity contribution in [2.45, 2.75) is 31.7 Å². The van der Waals surface area contributed by atoms with Crippen molar-refractivity contribution in [3.05, 3.63) is 23.1 Å². The first kappa shape index (κ1) is 13.0. The average Bonchev–Trinajstić information content (AvgIpc) is 2.95. The number of hydrogen-bond acceptors (Lipinski definition) is 3. The van der Waals surface area contributed by atoms with Crippen LogP contribution in [-0.4, -0.2) is 29.3 Å². The minimum atomic E-state index is -0.519. The highest BCUT2D eigenvalue weighted by Gasteiger charge is 2.30. The monoisotopic (exact) mass is 270 g/mol. The summed E-state index contributed by atoms with van der Waals surface area (Å²) in [5, 5.41) is 0.0486. The first-order chi connectivity index (χ1) is 8.59. The van der Waals surface area contributed by atoms with Gasteiger partial charge < -0.3 is 15.1 Å². The molecule has 1 aliphatic carbocycles. The van der Waals surface area contributed by atoms with Crippen LogP contribution in [0.3, 0.4) is 0 Å². The number of halogens is 1. The summed E-state index contributed by atoms with van der Waals surface area (Å²) in [4.78, 5) is 24.9. The first-order valence-electron chi connectivity index (χ1n) is 5.92.